The molecular weight excluding hydrogens is 285 g/mol. The van der Waals surface area contributed by atoms with Crippen molar-refractivity contribution < 1.29 is 14.0 Å². The molecule has 0 saturated heterocycles. The molecule has 5 nitrogen and oxygen atoms in total. The minimum atomic E-state index is -0.495. The Morgan fingerprint density at radius 1 is 0.909 bits per heavy atom. The van der Waals surface area contributed by atoms with Crippen LogP contribution in [0.15, 0.2) is 54.6 Å². The molecular formula is C16H16FN3O2. The molecule has 0 fully saturated rings. The van der Waals surface area contributed by atoms with Gasteiger partial charge in [-0.2, -0.15) is 0 Å². The Hall–Kier alpha value is -2.89. The second-order valence-electron chi connectivity index (χ2n) is 4.52. The van der Waals surface area contributed by atoms with Gasteiger partial charge in [0, 0.05) is 18.7 Å². The molecule has 0 aliphatic carbocycles. The molecule has 0 heterocycles. The Bertz CT molecular complexity index is 647. The minimum absolute atomic E-state index is 0.0521. The zero-order chi connectivity index (χ0) is 15.8. The number of hydrogen-bond donors (Lipinski definition) is 3. The van der Waals surface area contributed by atoms with Gasteiger partial charge in [-0.05, 0) is 24.3 Å². The number of urea groups is 1. The number of carbonyl (C=O) groups is 2. The maximum Gasteiger partial charge on any atom is 0.319 e. The van der Waals surface area contributed by atoms with E-state index in [1.54, 1.807) is 36.4 Å². The minimum Gasteiger partial charge on any atom is -0.337 e. The predicted molar refractivity (Wildman–Crippen MR) is 83.1 cm³/mol. The summed E-state index contributed by atoms with van der Waals surface area (Å²) in [5.74, 6) is -0.865. The molecule has 2 aromatic rings. The van der Waals surface area contributed by atoms with E-state index in [2.05, 4.69) is 16.0 Å². The summed E-state index contributed by atoms with van der Waals surface area (Å²) in [5, 5.41) is 7.64. The van der Waals surface area contributed by atoms with Crippen LogP contribution >= 0.6 is 0 Å². The maximum absolute atomic E-state index is 13.3. The van der Waals surface area contributed by atoms with Crippen molar-refractivity contribution in [1.29, 1.82) is 0 Å². The average Bonchev–Trinajstić information content (AvgIpc) is 2.50. The van der Waals surface area contributed by atoms with Gasteiger partial charge in [0.2, 0.25) is 5.91 Å². The summed E-state index contributed by atoms with van der Waals surface area (Å²) in [6.45, 7) is 0.152. The van der Waals surface area contributed by atoms with Crippen molar-refractivity contribution in [3.63, 3.8) is 0 Å². The van der Waals surface area contributed by atoms with Crippen LogP contribution in [0.1, 0.15) is 6.42 Å². The number of halogens is 1. The summed E-state index contributed by atoms with van der Waals surface area (Å²) in [7, 11) is 0. The van der Waals surface area contributed by atoms with Gasteiger partial charge in [-0.3, -0.25) is 4.79 Å². The molecule has 0 atom stereocenters. The number of anilines is 2. The largest absolute Gasteiger partial charge is 0.337 e. The standard InChI is InChI=1S/C16H16FN3O2/c17-13-8-4-5-9-14(13)20-15(21)10-11-18-16(22)19-12-6-2-1-3-7-12/h1-9H,10-11H2,(H,20,21)(H2,18,19,22). The molecule has 0 bridgehead atoms. The molecule has 0 radical (unpaired) electrons. The quantitative estimate of drug-likeness (QED) is 0.794. The molecule has 22 heavy (non-hydrogen) atoms. The van der Waals surface area contributed by atoms with Crippen molar-refractivity contribution in [2.45, 2.75) is 6.42 Å². The van der Waals surface area contributed by atoms with E-state index in [9.17, 15) is 14.0 Å². The first kappa shape index (κ1) is 15.5. The second-order valence-corrected chi connectivity index (χ2v) is 4.52. The Morgan fingerprint density at radius 2 is 1.59 bits per heavy atom. The number of nitrogens with one attached hydrogen (secondary N) is 3. The average molecular weight is 301 g/mol. The smallest absolute Gasteiger partial charge is 0.319 e. The zero-order valence-corrected chi connectivity index (χ0v) is 11.8. The third-order valence-electron chi connectivity index (χ3n) is 2.82. The van der Waals surface area contributed by atoms with Crippen LogP contribution in [0.4, 0.5) is 20.6 Å². The summed E-state index contributed by atoms with van der Waals surface area (Å²) in [6, 6.07) is 14.5. The second kappa shape index (κ2) is 7.78. The van der Waals surface area contributed by atoms with Crippen molar-refractivity contribution >= 4 is 23.3 Å². The lowest BCUT2D eigenvalue weighted by Crippen LogP contribution is -2.31. The maximum atomic E-state index is 13.3. The Balaban J connectivity index is 1.71. The lowest BCUT2D eigenvalue weighted by molar-refractivity contribution is -0.116. The first-order valence-electron chi connectivity index (χ1n) is 6.79. The fraction of sp³-hybridized carbons (Fsp3) is 0.125. The van der Waals surface area contributed by atoms with Crippen LogP contribution in [0.25, 0.3) is 0 Å². The molecule has 0 unspecified atom stereocenters. The zero-order valence-electron chi connectivity index (χ0n) is 11.8. The molecule has 3 amide bonds. The summed E-state index contributed by atoms with van der Waals surface area (Å²) < 4.78 is 13.3. The van der Waals surface area contributed by atoms with E-state index in [-0.39, 0.29) is 24.6 Å². The molecule has 0 saturated carbocycles. The van der Waals surface area contributed by atoms with Crippen LogP contribution in [-0.4, -0.2) is 18.5 Å². The fourth-order valence-electron chi connectivity index (χ4n) is 1.76. The number of amides is 3. The summed E-state index contributed by atoms with van der Waals surface area (Å²) in [6.07, 6.45) is 0.0521. The van der Waals surface area contributed by atoms with Crippen LogP contribution in [0.5, 0.6) is 0 Å². The Morgan fingerprint density at radius 3 is 2.32 bits per heavy atom. The monoisotopic (exact) mass is 301 g/mol. The van der Waals surface area contributed by atoms with Gasteiger partial charge in [0.1, 0.15) is 5.82 Å². The van der Waals surface area contributed by atoms with Crippen molar-refractivity contribution in [3.05, 3.63) is 60.4 Å². The molecule has 6 heteroatoms. The van der Waals surface area contributed by atoms with Crippen molar-refractivity contribution in [1.82, 2.24) is 5.32 Å². The van der Waals surface area contributed by atoms with Crippen LogP contribution in [0.3, 0.4) is 0 Å². The van der Waals surface area contributed by atoms with Gasteiger partial charge in [0.05, 0.1) is 5.69 Å². The first-order valence-corrected chi connectivity index (χ1v) is 6.79. The molecule has 2 rings (SSSR count). The molecule has 114 valence electrons. The molecule has 0 spiro atoms. The number of benzene rings is 2. The van der Waals surface area contributed by atoms with Crippen LogP contribution in [0.2, 0.25) is 0 Å². The Kier molecular flexibility index (Phi) is 5.48. The predicted octanol–water partition coefficient (Wildman–Crippen LogP) is 2.98. The number of rotatable bonds is 5. The topological polar surface area (TPSA) is 70.2 Å². The first-order chi connectivity index (χ1) is 10.6. The third kappa shape index (κ3) is 4.90. The highest BCUT2D eigenvalue weighted by atomic mass is 19.1. The number of para-hydroxylation sites is 2. The van der Waals surface area contributed by atoms with Crippen LogP contribution < -0.4 is 16.0 Å². The molecule has 0 aliphatic rings. The Labute approximate surface area is 127 Å². The summed E-state index contributed by atoms with van der Waals surface area (Å²) in [5.41, 5.74) is 0.789. The van der Waals surface area contributed by atoms with Gasteiger partial charge in [-0.1, -0.05) is 30.3 Å². The van der Waals surface area contributed by atoms with E-state index in [0.717, 1.165) is 0 Å². The lowest BCUT2D eigenvalue weighted by Gasteiger charge is -2.08. The van der Waals surface area contributed by atoms with E-state index < -0.39 is 11.8 Å². The highest BCUT2D eigenvalue weighted by Crippen LogP contribution is 2.12. The van der Waals surface area contributed by atoms with Crippen molar-refractivity contribution in [3.8, 4) is 0 Å². The van der Waals surface area contributed by atoms with E-state index in [1.807, 2.05) is 6.07 Å². The van der Waals surface area contributed by atoms with Crippen molar-refractivity contribution in [2.24, 2.45) is 0 Å². The number of hydrogen-bond acceptors (Lipinski definition) is 2. The van der Waals surface area contributed by atoms with Gasteiger partial charge in [0.25, 0.3) is 0 Å². The van der Waals surface area contributed by atoms with Gasteiger partial charge in [-0.15, -0.1) is 0 Å². The lowest BCUT2D eigenvalue weighted by atomic mass is 10.3. The summed E-state index contributed by atoms with van der Waals surface area (Å²) >= 11 is 0. The van der Waals surface area contributed by atoms with E-state index in [0.29, 0.717) is 5.69 Å². The normalized spacial score (nSPS) is 9.86. The van der Waals surface area contributed by atoms with Crippen LogP contribution in [0, 0.1) is 5.82 Å². The fourth-order valence-corrected chi connectivity index (χ4v) is 1.76. The molecule has 2 aromatic carbocycles. The van der Waals surface area contributed by atoms with Gasteiger partial charge >= 0.3 is 6.03 Å². The van der Waals surface area contributed by atoms with Crippen molar-refractivity contribution in [2.75, 3.05) is 17.2 Å². The third-order valence-corrected chi connectivity index (χ3v) is 2.82. The van der Waals surface area contributed by atoms with Gasteiger partial charge in [0.15, 0.2) is 0 Å². The highest BCUT2D eigenvalue weighted by Gasteiger charge is 2.07. The van der Waals surface area contributed by atoms with E-state index in [1.165, 1.54) is 12.1 Å². The number of carbonyl (C=O) groups excluding carboxylic acids is 2. The van der Waals surface area contributed by atoms with Gasteiger partial charge in [-0.25, -0.2) is 9.18 Å². The van der Waals surface area contributed by atoms with Crippen LogP contribution in [-0.2, 0) is 4.79 Å². The molecule has 3 N–H and O–H groups in total. The molecule has 0 aromatic heterocycles. The summed E-state index contributed by atoms with van der Waals surface area (Å²) in [4.78, 5) is 23.2. The SMILES string of the molecule is O=C(CCNC(=O)Nc1ccccc1)Nc1ccccc1F. The van der Waals surface area contributed by atoms with E-state index >= 15 is 0 Å². The highest BCUT2D eigenvalue weighted by molar-refractivity contribution is 5.92. The van der Waals surface area contributed by atoms with Gasteiger partial charge < -0.3 is 16.0 Å². The molecule has 0 aliphatic heterocycles. The van der Waals surface area contributed by atoms with E-state index in [4.69, 9.17) is 0 Å².